The molecule has 0 spiro atoms. The summed E-state index contributed by atoms with van der Waals surface area (Å²) in [5.74, 6) is 0.349. The maximum absolute atomic E-state index is 9.41. The first-order valence-electron chi connectivity index (χ1n) is 4.98. The molecule has 2 atom stereocenters. The molecule has 3 heterocycles. The Bertz CT molecular complexity index is 527. The van der Waals surface area contributed by atoms with Crippen LogP contribution in [0, 0.1) is 0 Å². The topological polar surface area (TPSA) is 134 Å². The summed E-state index contributed by atoms with van der Waals surface area (Å²) in [5.41, 5.74) is 6.87. The van der Waals surface area contributed by atoms with Crippen molar-refractivity contribution < 1.29 is 9.84 Å². The van der Waals surface area contributed by atoms with Crippen molar-refractivity contribution in [1.29, 1.82) is 0 Å². The van der Waals surface area contributed by atoms with Crippen LogP contribution in [0.5, 0.6) is 0 Å². The van der Waals surface area contributed by atoms with Crippen molar-refractivity contribution in [3.8, 4) is 0 Å². The summed E-state index contributed by atoms with van der Waals surface area (Å²) >= 11 is 0. The van der Waals surface area contributed by atoms with Crippen molar-refractivity contribution >= 4 is 17.0 Å². The minimum absolute atomic E-state index is 0. The van der Waals surface area contributed by atoms with Crippen LogP contribution in [0.4, 0.5) is 5.82 Å². The number of aliphatic hydroxyl groups excluding tert-OH is 1. The smallest absolute Gasteiger partial charge is 0.167 e. The summed E-state index contributed by atoms with van der Waals surface area (Å²) in [7, 11) is 0. The lowest BCUT2D eigenvalue weighted by molar-refractivity contribution is 0.0502. The second-order valence-electron chi connectivity index (χ2n) is 3.76. The Morgan fingerprint density at radius 2 is 2.24 bits per heavy atom. The highest BCUT2D eigenvalue weighted by atomic mass is 16.5. The average molecular weight is 238 g/mol. The lowest BCUT2D eigenvalue weighted by atomic mass is 10.3. The van der Waals surface area contributed by atoms with Crippen molar-refractivity contribution in [2.24, 2.45) is 0 Å². The number of hydrogen-bond donors (Lipinski definition) is 3. The van der Waals surface area contributed by atoms with Gasteiger partial charge in [0.1, 0.15) is 18.1 Å². The first-order chi connectivity index (χ1) is 7.75. The fourth-order valence-electron chi connectivity index (χ4n) is 1.87. The third-order valence-corrected chi connectivity index (χ3v) is 2.65. The van der Waals surface area contributed by atoms with Crippen LogP contribution in [0.2, 0.25) is 0 Å². The Hall–Kier alpha value is -1.77. The number of nitrogens with zero attached hydrogens (tertiary/aromatic N) is 4. The van der Waals surface area contributed by atoms with Crippen LogP contribution in [0.15, 0.2) is 12.7 Å². The molecule has 92 valence electrons. The fourth-order valence-corrected chi connectivity index (χ4v) is 1.87. The zero-order valence-electron chi connectivity index (χ0n) is 9.15. The molecule has 1 aliphatic heterocycles. The predicted molar refractivity (Wildman–Crippen MR) is 60.4 cm³/mol. The summed E-state index contributed by atoms with van der Waals surface area (Å²) in [6.45, 7) is 0.338. The highest BCUT2D eigenvalue weighted by molar-refractivity contribution is 5.81. The average Bonchev–Trinajstić information content (AvgIpc) is 2.84. The van der Waals surface area contributed by atoms with Gasteiger partial charge in [-0.3, -0.25) is 4.57 Å². The normalized spacial score (nSPS) is 23.8. The quantitative estimate of drug-likeness (QED) is 0.628. The van der Waals surface area contributed by atoms with Gasteiger partial charge in [-0.15, -0.1) is 0 Å². The van der Waals surface area contributed by atoms with E-state index in [1.807, 2.05) is 0 Å². The fraction of sp³-hybridized carbons (Fsp3) is 0.444. The largest absolute Gasteiger partial charge is 0.391 e. The molecule has 0 unspecified atom stereocenters. The molecule has 3 rings (SSSR count). The van der Waals surface area contributed by atoms with E-state index in [1.165, 1.54) is 6.33 Å². The Morgan fingerprint density at radius 3 is 2.94 bits per heavy atom. The second kappa shape index (κ2) is 4.24. The Balaban J connectivity index is 0.00000108. The Morgan fingerprint density at radius 1 is 1.41 bits per heavy atom. The highest BCUT2D eigenvalue weighted by Gasteiger charge is 2.26. The van der Waals surface area contributed by atoms with Crippen molar-refractivity contribution in [3.63, 3.8) is 0 Å². The number of nitrogen functional groups attached to an aromatic ring is 1. The van der Waals surface area contributed by atoms with E-state index in [0.717, 1.165) is 0 Å². The van der Waals surface area contributed by atoms with Crippen LogP contribution in [-0.4, -0.2) is 37.3 Å². The number of nitrogens with two attached hydrogens (primary N) is 1. The van der Waals surface area contributed by atoms with E-state index in [1.54, 1.807) is 10.9 Å². The summed E-state index contributed by atoms with van der Waals surface area (Å²) in [5, 5.41) is 9.41. The Kier molecular flexibility index (Phi) is 2.92. The highest BCUT2D eigenvalue weighted by Crippen LogP contribution is 2.27. The molecule has 6 N–H and O–H groups in total. The molecule has 0 aromatic carbocycles. The SMILES string of the molecule is N.Nc1ncnc2c1ncn2[C@H]1C[C@H](O)CO1. The van der Waals surface area contributed by atoms with Crippen LogP contribution in [0.3, 0.4) is 0 Å². The van der Waals surface area contributed by atoms with Gasteiger partial charge < -0.3 is 21.7 Å². The van der Waals surface area contributed by atoms with E-state index in [9.17, 15) is 5.11 Å². The van der Waals surface area contributed by atoms with Gasteiger partial charge in [0.05, 0.1) is 19.0 Å². The lowest BCUT2D eigenvalue weighted by Gasteiger charge is -2.10. The zero-order chi connectivity index (χ0) is 11.1. The van der Waals surface area contributed by atoms with Gasteiger partial charge >= 0.3 is 0 Å². The molecule has 2 aromatic heterocycles. The molecule has 0 bridgehead atoms. The first-order valence-corrected chi connectivity index (χ1v) is 4.98. The molecule has 1 fully saturated rings. The summed E-state index contributed by atoms with van der Waals surface area (Å²) < 4.78 is 7.20. The van der Waals surface area contributed by atoms with Crippen molar-refractivity contribution in [2.75, 3.05) is 12.3 Å². The minimum Gasteiger partial charge on any atom is -0.391 e. The molecule has 8 heteroatoms. The molecular weight excluding hydrogens is 224 g/mol. The maximum atomic E-state index is 9.41. The molecule has 1 saturated heterocycles. The van der Waals surface area contributed by atoms with E-state index in [4.69, 9.17) is 10.5 Å². The number of rotatable bonds is 1. The lowest BCUT2D eigenvalue weighted by Crippen LogP contribution is -2.08. The molecular formula is C9H14N6O2. The van der Waals surface area contributed by atoms with E-state index >= 15 is 0 Å². The first kappa shape index (κ1) is 11.7. The van der Waals surface area contributed by atoms with E-state index in [2.05, 4.69) is 15.0 Å². The third kappa shape index (κ3) is 1.82. The van der Waals surface area contributed by atoms with Crippen LogP contribution in [0.1, 0.15) is 12.6 Å². The molecule has 0 amide bonds. The van der Waals surface area contributed by atoms with Crippen LogP contribution in [-0.2, 0) is 4.74 Å². The van der Waals surface area contributed by atoms with Gasteiger partial charge in [-0.1, -0.05) is 0 Å². The predicted octanol–water partition coefficient (Wildman–Crippen LogP) is -0.150. The number of imidazole rings is 1. The van der Waals surface area contributed by atoms with Gasteiger partial charge in [-0.2, -0.15) is 0 Å². The van der Waals surface area contributed by atoms with E-state index in [-0.39, 0.29) is 12.4 Å². The van der Waals surface area contributed by atoms with Crippen LogP contribution >= 0.6 is 0 Å². The van der Waals surface area contributed by atoms with Gasteiger partial charge in [0.25, 0.3) is 0 Å². The molecule has 17 heavy (non-hydrogen) atoms. The second-order valence-corrected chi connectivity index (χ2v) is 3.76. The summed E-state index contributed by atoms with van der Waals surface area (Å²) in [6.07, 6.45) is 2.88. The van der Waals surface area contributed by atoms with Gasteiger partial charge in [-0.05, 0) is 0 Å². The number of aliphatic hydroxyl groups is 1. The molecule has 2 aromatic rings. The van der Waals surface area contributed by atoms with Crippen molar-refractivity contribution in [1.82, 2.24) is 25.7 Å². The van der Waals surface area contributed by atoms with Crippen LogP contribution < -0.4 is 11.9 Å². The van der Waals surface area contributed by atoms with Crippen LogP contribution in [0.25, 0.3) is 11.2 Å². The van der Waals surface area contributed by atoms with Gasteiger partial charge in [-0.25, -0.2) is 15.0 Å². The number of fused-ring (bicyclic) bond motifs is 1. The third-order valence-electron chi connectivity index (χ3n) is 2.65. The summed E-state index contributed by atoms with van der Waals surface area (Å²) in [6, 6.07) is 0. The van der Waals surface area contributed by atoms with E-state index in [0.29, 0.717) is 30.0 Å². The molecule has 8 nitrogen and oxygen atoms in total. The van der Waals surface area contributed by atoms with Crippen molar-refractivity contribution in [2.45, 2.75) is 18.8 Å². The zero-order valence-corrected chi connectivity index (χ0v) is 9.15. The molecule has 0 saturated carbocycles. The standard InChI is InChI=1S/C9H11N5O2.H3N/c10-8-7-9(12-3-11-8)14(4-13-7)6-1-5(15)2-16-6;/h3-6,15H,1-2H2,(H2,10,11,12);1H3/t5-,6+;/m0./s1. The number of hydrogen-bond acceptors (Lipinski definition) is 7. The molecule has 0 radical (unpaired) electrons. The van der Waals surface area contributed by atoms with Gasteiger partial charge in [0.2, 0.25) is 0 Å². The van der Waals surface area contributed by atoms with E-state index < -0.39 is 6.10 Å². The number of ether oxygens (including phenoxy) is 1. The molecule has 0 aliphatic carbocycles. The monoisotopic (exact) mass is 238 g/mol. The van der Waals surface area contributed by atoms with Crippen molar-refractivity contribution in [3.05, 3.63) is 12.7 Å². The molecule has 1 aliphatic rings. The Labute approximate surface area is 97.0 Å². The van der Waals surface area contributed by atoms with Gasteiger partial charge in [0, 0.05) is 6.42 Å². The number of anilines is 1. The van der Waals surface area contributed by atoms with Gasteiger partial charge in [0.15, 0.2) is 11.5 Å². The maximum Gasteiger partial charge on any atom is 0.167 e. The summed E-state index contributed by atoms with van der Waals surface area (Å²) in [4.78, 5) is 12.1. The number of aromatic nitrogens is 4. The minimum atomic E-state index is -0.429.